The highest BCUT2D eigenvalue weighted by atomic mass is 19.1. The second-order valence-electron chi connectivity index (χ2n) is 4.27. The van der Waals surface area contributed by atoms with Crippen molar-refractivity contribution in [2.24, 2.45) is 0 Å². The van der Waals surface area contributed by atoms with Crippen molar-refractivity contribution in [2.75, 3.05) is 11.9 Å². The Morgan fingerprint density at radius 2 is 1.85 bits per heavy atom. The number of anilines is 1. The lowest BCUT2D eigenvalue weighted by atomic mass is 10.1. The van der Waals surface area contributed by atoms with Gasteiger partial charge in [-0.1, -0.05) is 36.4 Å². The number of benzene rings is 2. The van der Waals surface area contributed by atoms with Crippen LogP contribution in [-0.2, 0) is 0 Å². The largest absolute Gasteiger partial charge is 0.478 e. The Hall–Kier alpha value is -2.40. The van der Waals surface area contributed by atoms with Crippen molar-refractivity contribution in [3.63, 3.8) is 0 Å². The molecule has 0 amide bonds. The van der Waals surface area contributed by atoms with E-state index in [1.165, 1.54) is 18.2 Å². The molecule has 104 valence electrons. The van der Waals surface area contributed by atoms with E-state index in [1.807, 2.05) is 6.07 Å². The summed E-state index contributed by atoms with van der Waals surface area (Å²) in [4.78, 5) is 11.0. The molecule has 2 aromatic rings. The lowest BCUT2D eigenvalue weighted by Crippen LogP contribution is -2.15. The number of aromatic carboxylic acids is 1. The molecule has 2 rings (SSSR count). The predicted octanol–water partition coefficient (Wildman–Crippen LogP) is 2.67. The molecular formula is C15H14FNO3. The standard InChI is InChI=1S/C15H14FNO3/c16-12-8-4-7-11(15(19)20)14(12)17-9-13(18)10-5-2-1-3-6-10/h1-8,13,17-18H,9H2,(H,19,20). The molecule has 0 aromatic heterocycles. The van der Waals surface area contributed by atoms with Crippen LogP contribution in [0.2, 0.25) is 0 Å². The fraction of sp³-hybridized carbons (Fsp3) is 0.133. The fourth-order valence-electron chi connectivity index (χ4n) is 1.87. The summed E-state index contributed by atoms with van der Waals surface area (Å²) < 4.78 is 13.7. The highest BCUT2D eigenvalue weighted by molar-refractivity contribution is 5.94. The molecule has 0 bridgehead atoms. The van der Waals surface area contributed by atoms with Crippen LogP contribution in [0.15, 0.2) is 48.5 Å². The van der Waals surface area contributed by atoms with Gasteiger partial charge in [0.25, 0.3) is 0 Å². The zero-order valence-electron chi connectivity index (χ0n) is 10.6. The second kappa shape index (κ2) is 6.16. The van der Waals surface area contributed by atoms with Gasteiger partial charge in [0.15, 0.2) is 0 Å². The van der Waals surface area contributed by atoms with Crippen LogP contribution in [0.1, 0.15) is 22.0 Å². The average Bonchev–Trinajstić information content (AvgIpc) is 2.46. The number of nitrogens with one attached hydrogen (secondary N) is 1. The summed E-state index contributed by atoms with van der Waals surface area (Å²) >= 11 is 0. The van der Waals surface area contributed by atoms with Crippen molar-refractivity contribution in [2.45, 2.75) is 6.10 Å². The number of halogens is 1. The first-order valence-corrected chi connectivity index (χ1v) is 6.08. The molecule has 20 heavy (non-hydrogen) atoms. The number of carboxylic acids is 1. The summed E-state index contributed by atoms with van der Waals surface area (Å²) in [6, 6.07) is 12.7. The number of hydrogen-bond acceptors (Lipinski definition) is 3. The predicted molar refractivity (Wildman–Crippen MR) is 73.3 cm³/mol. The third-order valence-corrected chi connectivity index (χ3v) is 2.90. The van der Waals surface area contributed by atoms with Crippen molar-refractivity contribution in [1.29, 1.82) is 0 Å². The van der Waals surface area contributed by atoms with Gasteiger partial charge < -0.3 is 15.5 Å². The van der Waals surface area contributed by atoms with Gasteiger partial charge in [-0.15, -0.1) is 0 Å². The van der Waals surface area contributed by atoms with Gasteiger partial charge in [0.05, 0.1) is 17.4 Å². The number of para-hydroxylation sites is 1. The van der Waals surface area contributed by atoms with Crippen LogP contribution in [0.25, 0.3) is 0 Å². The highest BCUT2D eigenvalue weighted by Crippen LogP contribution is 2.21. The molecule has 0 saturated heterocycles. The van der Waals surface area contributed by atoms with E-state index in [1.54, 1.807) is 24.3 Å². The minimum Gasteiger partial charge on any atom is -0.478 e. The van der Waals surface area contributed by atoms with E-state index in [9.17, 15) is 14.3 Å². The Bertz CT molecular complexity index is 601. The summed E-state index contributed by atoms with van der Waals surface area (Å²) in [7, 11) is 0. The number of carboxylic acid groups (broad SMARTS) is 1. The Kier molecular flexibility index (Phi) is 4.32. The smallest absolute Gasteiger partial charge is 0.337 e. The van der Waals surface area contributed by atoms with E-state index in [2.05, 4.69) is 5.32 Å². The van der Waals surface area contributed by atoms with Crippen molar-refractivity contribution >= 4 is 11.7 Å². The second-order valence-corrected chi connectivity index (χ2v) is 4.27. The minimum atomic E-state index is -1.22. The van der Waals surface area contributed by atoms with Gasteiger partial charge in [0, 0.05) is 6.54 Å². The van der Waals surface area contributed by atoms with E-state index < -0.39 is 17.9 Å². The lowest BCUT2D eigenvalue weighted by Gasteiger charge is -2.15. The molecule has 0 saturated carbocycles. The average molecular weight is 275 g/mol. The number of hydrogen-bond donors (Lipinski definition) is 3. The van der Waals surface area contributed by atoms with Gasteiger partial charge in [-0.25, -0.2) is 9.18 Å². The molecule has 0 fully saturated rings. The topological polar surface area (TPSA) is 69.6 Å². The van der Waals surface area contributed by atoms with E-state index in [0.717, 1.165) is 0 Å². The van der Waals surface area contributed by atoms with E-state index in [4.69, 9.17) is 5.11 Å². The molecule has 0 radical (unpaired) electrons. The molecule has 1 unspecified atom stereocenters. The molecule has 0 aliphatic heterocycles. The third-order valence-electron chi connectivity index (χ3n) is 2.90. The van der Waals surface area contributed by atoms with Gasteiger partial charge in [0.1, 0.15) is 5.82 Å². The Morgan fingerprint density at radius 3 is 2.50 bits per heavy atom. The maximum absolute atomic E-state index is 13.7. The van der Waals surface area contributed by atoms with Crippen LogP contribution in [-0.4, -0.2) is 22.7 Å². The fourth-order valence-corrected chi connectivity index (χ4v) is 1.87. The van der Waals surface area contributed by atoms with E-state index in [0.29, 0.717) is 5.56 Å². The maximum Gasteiger partial charge on any atom is 0.337 e. The number of rotatable bonds is 5. The van der Waals surface area contributed by atoms with Crippen molar-refractivity contribution in [3.8, 4) is 0 Å². The van der Waals surface area contributed by atoms with Crippen molar-refractivity contribution in [1.82, 2.24) is 0 Å². The monoisotopic (exact) mass is 275 g/mol. The molecule has 2 aromatic carbocycles. The Labute approximate surface area is 115 Å². The van der Waals surface area contributed by atoms with Gasteiger partial charge >= 0.3 is 5.97 Å². The Balaban J connectivity index is 2.13. The summed E-state index contributed by atoms with van der Waals surface area (Å²) in [5, 5.41) is 21.6. The minimum absolute atomic E-state index is 0.0191. The van der Waals surface area contributed by atoms with Crippen LogP contribution in [0.4, 0.5) is 10.1 Å². The molecule has 0 heterocycles. The molecule has 3 N–H and O–H groups in total. The number of carbonyl (C=O) groups is 1. The molecule has 4 nitrogen and oxygen atoms in total. The van der Waals surface area contributed by atoms with Gasteiger partial charge in [-0.05, 0) is 17.7 Å². The number of aliphatic hydroxyl groups excluding tert-OH is 1. The molecule has 1 atom stereocenters. The summed E-state index contributed by atoms with van der Waals surface area (Å²) in [5.41, 5.74) is 0.397. The van der Waals surface area contributed by atoms with Crippen LogP contribution >= 0.6 is 0 Å². The summed E-state index contributed by atoms with van der Waals surface area (Å²) in [6.07, 6.45) is -0.850. The first-order valence-electron chi connectivity index (χ1n) is 6.08. The van der Waals surface area contributed by atoms with Crippen LogP contribution in [0.5, 0.6) is 0 Å². The highest BCUT2D eigenvalue weighted by Gasteiger charge is 2.15. The molecule has 5 heteroatoms. The van der Waals surface area contributed by atoms with Gasteiger partial charge in [-0.3, -0.25) is 0 Å². The maximum atomic E-state index is 13.7. The van der Waals surface area contributed by atoms with Gasteiger partial charge in [-0.2, -0.15) is 0 Å². The zero-order valence-corrected chi connectivity index (χ0v) is 10.6. The molecule has 0 spiro atoms. The number of aliphatic hydroxyl groups is 1. The van der Waals surface area contributed by atoms with Crippen LogP contribution < -0.4 is 5.32 Å². The van der Waals surface area contributed by atoms with E-state index >= 15 is 0 Å². The van der Waals surface area contributed by atoms with Crippen LogP contribution in [0.3, 0.4) is 0 Å². The molecule has 0 aliphatic carbocycles. The summed E-state index contributed by atoms with van der Waals surface area (Å²) in [5.74, 6) is -1.88. The van der Waals surface area contributed by atoms with Crippen molar-refractivity contribution < 1.29 is 19.4 Å². The first kappa shape index (κ1) is 14.0. The molecule has 0 aliphatic rings. The zero-order chi connectivity index (χ0) is 14.5. The van der Waals surface area contributed by atoms with Crippen molar-refractivity contribution in [3.05, 3.63) is 65.5 Å². The van der Waals surface area contributed by atoms with E-state index in [-0.39, 0.29) is 17.8 Å². The Morgan fingerprint density at radius 1 is 1.15 bits per heavy atom. The normalized spacial score (nSPS) is 11.9. The quantitative estimate of drug-likeness (QED) is 0.784. The molecular weight excluding hydrogens is 261 g/mol. The van der Waals surface area contributed by atoms with Crippen LogP contribution in [0, 0.1) is 5.82 Å². The first-order chi connectivity index (χ1) is 9.59. The third kappa shape index (κ3) is 3.13. The van der Waals surface area contributed by atoms with Gasteiger partial charge in [0.2, 0.25) is 0 Å². The summed E-state index contributed by atoms with van der Waals surface area (Å²) in [6.45, 7) is 0.0191. The lowest BCUT2D eigenvalue weighted by molar-refractivity contribution is 0.0697. The SMILES string of the molecule is O=C(O)c1cccc(F)c1NCC(O)c1ccccc1.